The molecule has 9 heteroatoms. The number of nitrogens with zero attached hydrogens (tertiary/aromatic N) is 1. The summed E-state index contributed by atoms with van der Waals surface area (Å²) in [5.74, 6) is 1.80. The molecule has 1 aliphatic heterocycles. The molecule has 0 saturated heterocycles. The molecule has 2 heterocycles. The fraction of sp³-hybridized carbons (Fsp3) is 0.333. The summed E-state index contributed by atoms with van der Waals surface area (Å²) in [5, 5.41) is 1.89. The highest BCUT2D eigenvalue weighted by Crippen LogP contribution is 2.36. The molecule has 4 rings (SSSR count). The summed E-state index contributed by atoms with van der Waals surface area (Å²) in [6.07, 6.45) is 2.22. The predicted octanol–water partition coefficient (Wildman–Crippen LogP) is 4.83. The molecule has 0 bridgehead atoms. The monoisotopic (exact) mass is 485 g/mol. The molecule has 2 unspecified atom stereocenters. The van der Waals surface area contributed by atoms with Crippen molar-refractivity contribution in [1.82, 2.24) is 4.98 Å². The highest BCUT2D eigenvalue weighted by atomic mass is 32.2. The number of aromatic nitrogens is 1. The first-order chi connectivity index (χ1) is 15.9. The second-order valence-electron chi connectivity index (χ2n) is 7.79. The highest BCUT2D eigenvalue weighted by molar-refractivity contribution is 8.15. The van der Waals surface area contributed by atoms with Crippen molar-refractivity contribution in [3.05, 3.63) is 48.2 Å². The van der Waals surface area contributed by atoms with Gasteiger partial charge in [-0.3, -0.25) is 9.79 Å². The lowest BCUT2D eigenvalue weighted by Crippen LogP contribution is -2.18. The molecule has 2 atom stereocenters. The molecule has 1 aromatic heterocycles. The Hall–Kier alpha value is -2.62. The van der Waals surface area contributed by atoms with Gasteiger partial charge in [0, 0.05) is 35.1 Å². The minimum Gasteiger partial charge on any atom is -0.486 e. The van der Waals surface area contributed by atoms with Crippen molar-refractivity contribution in [2.24, 2.45) is 10.7 Å². The second-order valence-corrected chi connectivity index (χ2v) is 9.95. The van der Waals surface area contributed by atoms with Crippen LogP contribution in [0.15, 0.2) is 52.4 Å². The SMILES string of the molecule is COCC(C)Oc1cc(Oc2ccc(SC)cc2)cc2cc(C3=NCC(CC(N)=O)S3)[nH]c12. The zero-order valence-electron chi connectivity index (χ0n) is 18.8. The van der Waals surface area contributed by atoms with Gasteiger partial charge in [-0.2, -0.15) is 0 Å². The van der Waals surface area contributed by atoms with Gasteiger partial charge in [0.15, 0.2) is 0 Å². The molecule has 0 aliphatic carbocycles. The van der Waals surface area contributed by atoms with E-state index in [2.05, 4.69) is 9.98 Å². The van der Waals surface area contributed by atoms with Crippen LogP contribution < -0.4 is 15.2 Å². The van der Waals surface area contributed by atoms with Gasteiger partial charge in [0.2, 0.25) is 5.91 Å². The molecule has 1 amide bonds. The lowest BCUT2D eigenvalue weighted by atomic mass is 10.2. The number of thioether (sulfide) groups is 2. The maximum absolute atomic E-state index is 11.3. The second kappa shape index (κ2) is 10.5. The van der Waals surface area contributed by atoms with Gasteiger partial charge in [-0.15, -0.1) is 11.8 Å². The highest BCUT2D eigenvalue weighted by Gasteiger charge is 2.24. The molecule has 0 saturated carbocycles. The fourth-order valence-corrected chi connectivity index (χ4v) is 5.12. The van der Waals surface area contributed by atoms with E-state index in [1.165, 1.54) is 4.90 Å². The Labute approximate surface area is 201 Å². The van der Waals surface area contributed by atoms with Gasteiger partial charge in [0.1, 0.15) is 28.4 Å². The number of ether oxygens (including phenoxy) is 3. The molecule has 2 aromatic carbocycles. The van der Waals surface area contributed by atoms with E-state index in [1.54, 1.807) is 30.6 Å². The molecular formula is C24H27N3O4S2. The number of fused-ring (bicyclic) bond motifs is 1. The maximum Gasteiger partial charge on any atom is 0.218 e. The van der Waals surface area contributed by atoms with E-state index in [4.69, 9.17) is 19.9 Å². The van der Waals surface area contributed by atoms with Crippen LogP contribution in [0.5, 0.6) is 17.2 Å². The average molecular weight is 486 g/mol. The number of aromatic amines is 1. The lowest BCUT2D eigenvalue weighted by Gasteiger charge is -2.16. The Morgan fingerprint density at radius 3 is 2.76 bits per heavy atom. The van der Waals surface area contributed by atoms with E-state index in [0.717, 1.165) is 27.4 Å². The lowest BCUT2D eigenvalue weighted by molar-refractivity contribution is -0.117. The summed E-state index contributed by atoms with van der Waals surface area (Å²) in [4.78, 5) is 20.5. The predicted molar refractivity (Wildman–Crippen MR) is 135 cm³/mol. The van der Waals surface area contributed by atoms with Gasteiger partial charge in [-0.1, -0.05) is 11.8 Å². The van der Waals surface area contributed by atoms with Gasteiger partial charge in [0.05, 0.1) is 24.4 Å². The third kappa shape index (κ3) is 5.85. The smallest absolute Gasteiger partial charge is 0.218 e. The van der Waals surface area contributed by atoms with E-state index >= 15 is 0 Å². The molecule has 0 fully saturated rings. The number of methoxy groups -OCH3 is 1. The summed E-state index contributed by atoms with van der Waals surface area (Å²) in [7, 11) is 1.65. The Kier molecular flexibility index (Phi) is 7.52. The third-order valence-electron chi connectivity index (χ3n) is 5.07. The number of benzene rings is 2. The van der Waals surface area contributed by atoms with E-state index < -0.39 is 0 Å². The number of H-pyrrole nitrogens is 1. The molecule has 174 valence electrons. The minimum atomic E-state index is -0.309. The van der Waals surface area contributed by atoms with Crippen molar-refractivity contribution in [2.45, 2.75) is 29.6 Å². The number of rotatable bonds is 10. The minimum absolute atomic E-state index is 0.0736. The van der Waals surface area contributed by atoms with Gasteiger partial charge in [-0.05, 0) is 49.6 Å². The average Bonchev–Trinajstić information content (AvgIpc) is 3.41. The zero-order valence-corrected chi connectivity index (χ0v) is 20.4. The summed E-state index contributed by atoms with van der Waals surface area (Å²) in [5.41, 5.74) is 7.09. The number of hydrogen-bond acceptors (Lipinski definition) is 7. The van der Waals surface area contributed by atoms with Crippen molar-refractivity contribution in [1.29, 1.82) is 0 Å². The number of hydrogen-bond donors (Lipinski definition) is 2. The standard InChI is InChI=1S/C24H27N3O4S2/c1-14(13-29-2)30-21-10-17(31-16-4-6-18(32-3)7-5-16)8-15-9-20(27-23(15)21)24-26-12-19(33-24)11-22(25)28/h4-10,14,19,27H,11-13H2,1-3H3,(H2,25,28). The number of nitrogens with two attached hydrogens (primary N) is 1. The molecule has 3 N–H and O–H groups in total. The van der Waals surface area contributed by atoms with Crippen molar-refractivity contribution in [3.8, 4) is 17.2 Å². The first-order valence-corrected chi connectivity index (χ1v) is 12.7. The van der Waals surface area contributed by atoms with Crippen LogP contribution in [0.2, 0.25) is 0 Å². The Morgan fingerprint density at radius 2 is 2.06 bits per heavy atom. The zero-order chi connectivity index (χ0) is 23.4. The van der Waals surface area contributed by atoms with Gasteiger partial charge in [-0.25, -0.2) is 0 Å². The summed E-state index contributed by atoms with van der Waals surface area (Å²) in [6.45, 7) is 3.00. The summed E-state index contributed by atoms with van der Waals surface area (Å²) < 4.78 is 17.6. The summed E-state index contributed by atoms with van der Waals surface area (Å²) >= 11 is 3.26. The summed E-state index contributed by atoms with van der Waals surface area (Å²) in [6, 6.07) is 13.9. The molecule has 0 spiro atoms. The number of carbonyl (C=O) groups excluding carboxylic acids is 1. The first-order valence-electron chi connectivity index (χ1n) is 10.6. The van der Waals surface area contributed by atoms with E-state index in [1.807, 2.05) is 55.6 Å². The van der Waals surface area contributed by atoms with Crippen LogP contribution in [0.3, 0.4) is 0 Å². The van der Waals surface area contributed by atoms with Crippen LogP contribution in [0.4, 0.5) is 0 Å². The van der Waals surface area contributed by atoms with Crippen molar-refractivity contribution >= 4 is 45.4 Å². The molecule has 3 aromatic rings. The van der Waals surface area contributed by atoms with Gasteiger partial charge >= 0.3 is 0 Å². The number of aliphatic imine (C=N–C) groups is 1. The van der Waals surface area contributed by atoms with Crippen LogP contribution in [-0.4, -0.2) is 53.8 Å². The van der Waals surface area contributed by atoms with Crippen LogP contribution in [0.25, 0.3) is 10.9 Å². The maximum atomic E-state index is 11.3. The Balaban J connectivity index is 1.64. The van der Waals surface area contributed by atoms with Crippen LogP contribution >= 0.6 is 23.5 Å². The van der Waals surface area contributed by atoms with E-state index in [9.17, 15) is 4.79 Å². The molecule has 1 aliphatic rings. The largest absolute Gasteiger partial charge is 0.486 e. The van der Waals surface area contributed by atoms with E-state index in [-0.39, 0.29) is 17.3 Å². The number of carbonyl (C=O) groups is 1. The van der Waals surface area contributed by atoms with E-state index in [0.29, 0.717) is 31.1 Å². The van der Waals surface area contributed by atoms with Gasteiger partial charge in [0.25, 0.3) is 0 Å². The molecule has 0 radical (unpaired) electrons. The van der Waals surface area contributed by atoms with Gasteiger partial charge < -0.3 is 24.9 Å². The van der Waals surface area contributed by atoms with Crippen LogP contribution in [-0.2, 0) is 9.53 Å². The Bertz CT molecular complexity index is 1160. The fourth-order valence-electron chi connectivity index (χ4n) is 3.61. The first kappa shape index (κ1) is 23.5. The molecule has 33 heavy (non-hydrogen) atoms. The van der Waals surface area contributed by atoms with Crippen LogP contribution in [0.1, 0.15) is 19.0 Å². The quantitative estimate of drug-likeness (QED) is 0.399. The van der Waals surface area contributed by atoms with Crippen molar-refractivity contribution in [2.75, 3.05) is 26.5 Å². The van der Waals surface area contributed by atoms with Crippen molar-refractivity contribution in [3.63, 3.8) is 0 Å². The number of amides is 1. The molecular weight excluding hydrogens is 458 g/mol. The third-order valence-corrected chi connectivity index (χ3v) is 7.03. The van der Waals surface area contributed by atoms with Crippen molar-refractivity contribution < 1.29 is 19.0 Å². The normalized spacial score (nSPS) is 16.6. The number of nitrogens with one attached hydrogen (secondary N) is 1. The topological polar surface area (TPSA) is 98.9 Å². The molecule has 7 nitrogen and oxygen atoms in total. The number of primary amides is 1. The van der Waals surface area contributed by atoms with Crippen LogP contribution in [0, 0.1) is 0 Å². The Morgan fingerprint density at radius 1 is 1.27 bits per heavy atom.